The van der Waals surface area contributed by atoms with Gasteiger partial charge >= 0.3 is 5.97 Å². The van der Waals surface area contributed by atoms with Crippen LogP contribution in [0.3, 0.4) is 0 Å². The van der Waals surface area contributed by atoms with Crippen LogP contribution in [0.15, 0.2) is 5.10 Å². The molecule has 7 heteroatoms. The lowest BCUT2D eigenvalue weighted by Crippen LogP contribution is -2.47. The van der Waals surface area contributed by atoms with E-state index in [2.05, 4.69) is 25.8 Å². The predicted molar refractivity (Wildman–Crippen MR) is 56.6 cm³/mol. The van der Waals surface area contributed by atoms with Crippen molar-refractivity contribution in [3.8, 4) is 0 Å². The second-order valence-electron chi connectivity index (χ2n) is 3.97. The molecule has 0 N–H and O–H groups in total. The van der Waals surface area contributed by atoms with Gasteiger partial charge in [-0.1, -0.05) is 0 Å². The first-order valence-corrected chi connectivity index (χ1v) is 5.69. The minimum absolute atomic E-state index is 0.293. The number of rotatable bonds is 3. The van der Waals surface area contributed by atoms with E-state index in [9.17, 15) is 13.6 Å². The molecular weight excluding hydrogens is 286 g/mol. The van der Waals surface area contributed by atoms with Gasteiger partial charge < -0.3 is 4.74 Å². The molecular formula is C9H11BrF2N2O2. The molecule has 2 rings (SSSR count). The molecule has 1 heterocycles. The fourth-order valence-electron chi connectivity index (χ4n) is 1.88. The fourth-order valence-corrected chi connectivity index (χ4v) is 2.36. The Morgan fingerprint density at radius 3 is 2.75 bits per heavy atom. The van der Waals surface area contributed by atoms with Gasteiger partial charge in [0.2, 0.25) is 0 Å². The molecule has 90 valence electrons. The van der Waals surface area contributed by atoms with Gasteiger partial charge in [-0.3, -0.25) is 5.01 Å². The summed E-state index contributed by atoms with van der Waals surface area (Å²) in [4.78, 5) is 11.5. The Hall–Kier alpha value is -0.720. The third kappa shape index (κ3) is 1.70. The SMILES string of the molecule is COC(=O)C1CC(Br)=NN1C1(C(F)F)CC1. The fraction of sp³-hybridized carbons (Fsp3) is 0.778. The number of hydrogen-bond acceptors (Lipinski definition) is 4. The molecule has 2 aliphatic rings. The first-order valence-electron chi connectivity index (χ1n) is 4.89. The molecule has 1 unspecified atom stereocenters. The van der Waals surface area contributed by atoms with Crippen LogP contribution in [0.4, 0.5) is 8.78 Å². The molecule has 0 aromatic rings. The monoisotopic (exact) mass is 296 g/mol. The second kappa shape index (κ2) is 3.94. The van der Waals surface area contributed by atoms with E-state index in [4.69, 9.17) is 0 Å². The molecule has 0 saturated heterocycles. The molecule has 0 bridgehead atoms. The van der Waals surface area contributed by atoms with Crippen LogP contribution in [-0.4, -0.2) is 40.7 Å². The quantitative estimate of drug-likeness (QED) is 0.745. The molecule has 1 aliphatic heterocycles. The average Bonchev–Trinajstić information content (AvgIpc) is 2.96. The van der Waals surface area contributed by atoms with E-state index in [1.54, 1.807) is 0 Å². The molecule has 1 saturated carbocycles. The summed E-state index contributed by atoms with van der Waals surface area (Å²) in [7, 11) is 1.24. The van der Waals surface area contributed by atoms with Crippen LogP contribution in [0.1, 0.15) is 19.3 Å². The van der Waals surface area contributed by atoms with Gasteiger partial charge in [-0.2, -0.15) is 5.10 Å². The van der Waals surface area contributed by atoms with Crippen molar-refractivity contribution in [2.75, 3.05) is 7.11 Å². The first kappa shape index (κ1) is 11.8. The Bertz CT molecular complexity index is 344. The molecule has 0 aromatic carbocycles. The van der Waals surface area contributed by atoms with Crippen LogP contribution in [0.25, 0.3) is 0 Å². The number of methoxy groups -OCH3 is 1. The Balaban J connectivity index is 2.21. The minimum atomic E-state index is -2.50. The highest BCUT2D eigenvalue weighted by atomic mass is 79.9. The third-order valence-electron chi connectivity index (χ3n) is 2.97. The van der Waals surface area contributed by atoms with E-state index in [0.29, 0.717) is 23.9 Å². The zero-order chi connectivity index (χ0) is 11.9. The van der Waals surface area contributed by atoms with Crippen molar-refractivity contribution in [2.45, 2.75) is 37.3 Å². The van der Waals surface area contributed by atoms with Crippen molar-refractivity contribution in [3.63, 3.8) is 0 Å². The van der Waals surface area contributed by atoms with Crippen molar-refractivity contribution in [2.24, 2.45) is 5.10 Å². The standard InChI is InChI=1S/C9H11BrF2N2O2/c1-16-7(15)5-4-6(10)13-14(5)9(2-3-9)8(11)12/h5,8H,2-4H2,1H3. The molecule has 16 heavy (non-hydrogen) atoms. The van der Waals surface area contributed by atoms with Crippen LogP contribution in [0, 0.1) is 0 Å². The summed E-state index contributed by atoms with van der Waals surface area (Å²) in [6, 6.07) is -0.726. The zero-order valence-electron chi connectivity index (χ0n) is 8.62. The third-order valence-corrected chi connectivity index (χ3v) is 3.45. The van der Waals surface area contributed by atoms with E-state index >= 15 is 0 Å². The Morgan fingerprint density at radius 2 is 2.31 bits per heavy atom. The lowest BCUT2D eigenvalue weighted by Gasteiger charge is -2.29. The molecule has 0 spiro atoms. The van der Waals surface area contributed by atoms with Gasteiger partial charge in [-0.25, -0.2) is 13.6 Å². The predicted octanol–water partition coefficient (Wildman–Crippen LogP) is 1.74. The maximum Gasteiger partial charge on any atom is 0.330 e. The number of alkyl halides is 2. The number of esters is 1. The van der Waals surface area contributed by atoms with Crippen molar-refractivity contribution < 1.29 is 18.3 Å². The van der Waals surface area contributed by atoms with E-state index in [1.165, 1.54) is 12.1 Å². The topological polar surface area (TPSA) is 41.9 Å². The molecule has 0 radical (unpaired) electrons. The minimum Gasteiger partial charge on any atom is -0.467 e. The van der Waals surface area contributed by atoms with Crippen LogP contribution in [-0.2, 0) is 9.53 Å². The summed E-state index contributed by atoms with van der Waals surface area (Å²) in [5.74, 6) is -0.523. The summed E-state index contributed by atoms with van der Waals surface area (Å²) < 4.78 is 30.9. The van der Waals surface area contributed by atoms with Crippen molar-refractivity contribution >= 4 is 26.5 Å². The van der Waals surface area contributed by atoms with Gasteiger partial charge in [0.25, 0.3) is 6.43 Å². The zero-order valence-corrected chi connectivity index (χ0v) is 10.2. The number of halogens is 3. The number of hydrogen-bond donors (Lipinski definition) is 0. The van der Waals surface area contributed by atoms with Gasteiger partial charge in [0, 0.05) is 6.42 Å². The summed E-state index contributed by atoms with van der Waals surface area (Å²) in [6.07, 6.45) is -1.48. The van der Waals surface area contributed by atoms with Gasteiger partial charge in [0.05, 0.1) is 7.11 Å². The lowest BCUT2D eigenvalue weighted by molar-refractivity contribution is -0.149. The summed E-state index contributed by atoms with van der Waals surface area (Å²) in [5, 5.41) is 5.20. The lowest BCUT2D eigenvalue weighted by atomic mass is 10.1. The summed E-state index contributed by atoms with van der Waals surface area (Å²) in [6.45, 7) is 0. The maximum absolute atomic E-state index is 12.9. The van der Waals surface area contributed by atoms with Gasteiger partial charge in [0.1, 0.15) is 10.2 Å². The van der Waals surface area contributed by atoms with Crippen LogP contribution in [0.5, 0.6) is 0 Å². The van der Waals surface area contributed by atoms with Crippen molar-refractivity contribution in [3.05, 3.63) is 0 Å². The van der Waals surface area contributed by atoms with Crippen molar-refractivity contribution in [1.29, 1.82) is 0 Å². The maximum atomic E-state index is 12.9. The number of nitrogens with zero attached hydrogens (tertiary/aromatic N) is 2. The van der Waals surface area contributed by atoms with E-state index in [-0.39, 0.29) is 0 Å². The smallest absolute Gasteiger partial charge is 0.330 e. The number of hydrazone groups is 1. The number of carbonyl (C=O) groups excluding carboxylic acids is 1. The molecule has 0 aromatic heterocycles. The largest absolute Gasteiger partial charge is 0.467 e. The normalized spacial score (nSPS) is 26.9. The van der Waals surface area contributed by atoms with E-state index < -0.39 is 24.0 Å². The Kier molecular flexibility index (Phi) is 2.90. The van der Waals surface area contributed by atoms with Gasteiger partial charge in [-0.05, 0) is 28.8 Å². The highest BCUT2D eigenvalue weighted by molar-refractivity contribution is 9.18. The number of ether oxygens (including phenoxy) is 1. The van der Waals surface area contributed by atoms with E-state index in [0.717, 1.165) is 0 Å². The average molecular weight is 297 g/mol. The highest BCUT2D eigenvalue weighted by Crippen LogP contribution is 2.49. The van der Waals surface area contributed by atoms with Crippen molar-refractivity contribution in [1.82, 2.24) is 5.01 Å². The van der Waals surface area contributed by atoms with E-state index in [1.807, 2.05) is 0 Å². The molecule has 1 aliphatic carbocycles. The summed E-state index contributed by atoms with van der Waals surface area (Å²) >= 11 is 3.14. The molecule has 1 fully saturated rings. The Labute approximate surface area is 99.7 Å². The van der Waals surface area contributed by atoms with Crippen LogP contribution < -0.4 is 0 Å². The second-order valence-corrected chi connectivity index (χ2v) is 4.88. The van der Waals surface area contributed by atoms with Crippen LogP contribution >= 0.6 is 15.9 Å². The Morgan fingerprint density at radius 1 is 1.69 bits per heavy atom. The number of carbonyl (C=O) groups is 1. The first-order chi connectivity index (χ1) is 7.51. The molecule has 4 nitrogen and oxygen atoms in total. The summed E-state index contributed by atoms with van der Waals surface area (Å²) in [5.41, 5.74) is -1.26. The van der Waals surface area contributed by atoms with Gasteiger partial charge in [-0.15, -0.1) is 0 Å². The molecule has 0 amide bonds. The highest BCUT2D eigenvalue weighted by Gasteiger charge is 2.60. The van der Waals surface area contributed by atoms with Gasteiger partial charge in [0.15, 0.2) is 6.04 Å². The molecule has 1 atom stereocenters. The van der Waals surface area contributed by atoms with Crippen LogP contribution in [0.2, 0.25) is 0 Å².